The molecule has 1 fully saturated rings. The molecule has 1 aliphatic heterocycles. The van der Waals surface area contributed by atoms with Crippen LogP contribution in [0.2, 0.25) is 0 Å². The normalized spacial score (nSPS) is 21.9. The van der Waals surface area contributed by atoms with Crippen LogP contribution in [-0.4, -0.2) is 32.8 Å². The zero-order valence-corrected chi connectivity index (χ0v) is 12.9. The van der Waals surface area contributed by atoms with Gasteiger partial charge in [-0.3, -0.25) is 4.90 Å². The van der Waals surface area contributed by atoms with E-state index in [4.69, 9.17) is 4.52 Å². The molecule has 23 heavy (non-hydrogen) atoms. The zero-order valence-electron chi connectivity index (χ0n) is 12.9. The third-order valence-corrected chi connectivity index (χ3v) is 4.02. The molecule has 0 amide bonds. The van der Waals surface area contributed by atoms with Gasteiger partial charge in [0.15, 0.2) is 5.82 Å². The van der Waals surface area contributed by atoms with Crippen LogP contribution < -0.4 is 0 Å². The van der Waals surface area contributed by atoms with Crippen LogP contribution in [-0.2, 0) is 13.0 Å². The molecule has 5 nitrogen and oxygen atoms in total. The van der Waals surface area contributed by atoms with Crippen molar-refractivity contribution in [2.24, 2.45) is 0 Å². The minimum atomic E-state index is -0.593. The molecule has 1 aliphatic rings. The summed E-state index contributed by atoms with van der Waals surface area (Å²) in [6.45, 7) is 2.70. The van der Waals surface area contributed by atoms with E-state index in [9.17, 15) is 13.9 Å². The number of hydrogen-bond donors (Lipinski definition) is 1. The van der Waals surface area contributed by atoms with Crippen molar-refractivity contribution in [1.82, 2.24) is 15.0 Å². The summed E-state index contributed by atoms with van der Waals surface area (Å²) in [4.78, 5) is 6.14. The number of aromatic nitrogens is 2. The van der Waals surface area contributed by atoms with Crippen molar-refractivity contribution in [3.63, 3.8) is 0 Å². The maximum absolute atomic E-state index is 14.0. The third kappa shape index (κ3) is 3.56. The van der Waals surface area contributed by atoms with Crippen LogP contribution in [0.1, 0.15) is 43.1 Å². The van der Waals surface area contributed by atoms with Crippen LogP contribution in [0, 0.1) is 11.6 Å². The molecule has 1 saturated heterocycles. The lowest BCUT2D eigenvalue weighted by atomic mass is 10.0. The molecule has 3 rings (SSSR count). The van der Waals surface area contributed by atoms with Crippen LogP contribution >= 0.6 is 0 Å². The molecule has 0 radical (unpaired) electrons. The average molecular weight is 323 g/mol. The number of aliphatic hydroxyl groups excluding tert-OH is 1. The minimum absolute atomic E-state index is 0.249. The first-order valence-electron chi connectivity index (χ1n) is 7.75. The van der Waals surface area contributed by atoms with Gasteiger partial charge < -0.3 is 9.63 Å². The zero-order chi connectivity index (χ0) is 16.4. The van der Waals surface area contributed by atoms with E-state index in [1.54, 1.807) is 0 Å². The number of likely N-dealkylation sites (tertiary alicyclic amines) is 1. The van der Waals surface area contributed by atoms with E-state index in [-0.39, 0.29) is 5.56 Å². The topological polar surface area (TPSA) is 62.4 Å². The summed E-state index contributed by atoms with van der Waals surface area (Å²) in [5, 5.41) is 13.9. The SMILES string of the molecule is CCCc1nc(CN2CC(O)CC2c2cc(F)ccc2F)no1. The molecule has 0 bridgehead atoms. The monoisotopic (exact) mass is 323 g/mol. The van der Waals surface area contributed by atoms with Gasteiger partial charge in [-0.1, -0.05) is 12.1 Å². The predicted octanol–water partition coefficient (Wildman–Crippen LogP) is 2.61. The van der Waals surface area contributed by atoms with Gasteiger partial charge in [-0.2, -0.15) is 4.98 Å². The number of nitrogens with zero attached hydrogens (tertiary/aromatic N) is 3. The Morgan fingerprint density at radius 2 is 2.22 bits per heavy atom. The van der Waals surface area contributed by atoms with Gasteiger partial charge in [0.25, 0.3) is 0 Å². The highest BCUT2D eigenvalue weighted by Gasteiger charge is 2.34. The molecule has 2 aromatic rings. The average Bonchev–Trinajstić information content (AvgIpc) is 3.09. The number of aryl methyl sites for hydroxylation is 1. The first-order valence-corrected chi connectivity index (χ1v) is 7.75. The van der Waals surface area contributed by atoms with Crippen molar-refractivity contribution in [2.75, 3.05) is 6.54 Å². The van der Waals surface area contributed by atoms with Crippen molar-refractivity contribution >= 4 is 0 Å². The highest BCUT2D eigenvalue weighted by molar-refractivity contribution is 5.24. The lowest BCUT2D eigenvalue weighted by Gasteiger charge is -2.23. The summed E-state index contributed by atoms with van der Waals surface area (Å²) < 4.78 is 32.6. The van der Waals surface area contributed by atoms with Gasteiger partial charge in [-0.25, -0.2) is 8.78 Å². The Hall–Kier alpha value is -1.86. The maximum atomic E-state index is 14.0. The molecule has 7 heteroatoms. The largest absolute Gasteiger partial charge is 0.392 e. The van der Waals surface area contributed by atoms with E-state index < -0.39 is 23.8 Å². The van der Waals surface area contributed by atoms with Crippen molar-refractivity contribution in [3.05, 3.63) is 47.1 Å². The van der Waals surface area contributed by atoms with Gasteiger partial charge in [-0.05, 0) is 31.0 Å². The van der Waals surface area contributed by atoms with E-state index in [1.165, 1.54) is 6.07 Å². The Balaban J connectivity index is 1.80. The molecule has 2 atom stereocenters. The predicted molar refractivity (Wildman–Crippen MR) is 78.4 cm³/mol. The molecule has 2 heterocycles. The van der Waals surface area contributed by atoms with E-state index in [2.05, 4.69) is 10.1 Å². The van der Waals surface area contributed by atoms with Crippen LogP contribution in [0.4, 0.5) is 8.78 Å². The van der Waals surface area contributed by atoms with Crippen molar-refractivity contribution in [3.8, 4) is 0 Å². The number of hydrogen-bond acceptors (Lipinski definition) is 5. The Kier molecular flexibility index (Phi) is 4.68. The summed E-state index contributed by atoms with van der Waals surface area (Å²) in [6.07, 6.45) is 1.36. The highest BCUT2D eigenvalue weighted by atomic mass is 19.1. The molecule has 1 aromatic carbocycles. The number of rotatable bonds is 5. The fraction of sp³-hybridized carbons (Fsp3) is 0.500. The maximum Gasteiger partial charge on any atom is 0.226 e. The number of halogens is 2. The van der Waals surface area contributed by atoms with Gasteiger partial charge in [-0.15, -0.1) is 0 Å². The second kappa shape index (κ2) is 6.72. The van der Waals surface area contributed by atoms with Crippen molar-refractivity contribution in [1.29, 1.82) is 0 Å². The van der Waals surface area contributed by atoms with Gasteiger partial charge in [0.2, 0.25) is 5.89 Å². The third-order valence-electron chi connectivity index (χ3n) is 4.02. The number of aliphatic hydroxyl groups is 1. The Morgan fingerprint density at radius 1 is 1.39 bits per heavy atom. The lowest BCUT2D eigenvalue weighted by molar-refractivity contribution is 0.170. The smallest absolute Gasteiger partial charge is 0.226 e. The Labute approximate surface area is 132 Å². The molecule has 0 saturated carbocycles. The van der Waals surface area contributed by atoms with Crippen LogP contribution in [0.25, 0.3) is 0 Å². The molecule has 2 unspecified atom stereocenters. The first kappa shape index (κ1) is 16.0. The second-order valence-corrected chi connectivity index (χ2v) is 5.85. The summed E-state index contributed by atoms with van der Waals surface area (Å²) in [7, 11) is 0. The van der Waals surface area contributed by atoms with Gasteiger partial charge in [0, 0.05) is 24.6 Å². The first-order chi connectivity index (χ1) is 11.1. The quantitative estimate of drug-likeness (QED) is 0.916. The van der Waals surface area contributed by atoms with Crippen molar-refractivity contribution < 1.29 is 18.4 Å². The van der Waals surface area contributed by atoms with Crippen LogP contribution in [0.5, 0.6) is 0 Å². The van der Waals surface area contributed by atoms with Gasteiger partial charge >= 0.3 is 0 Å². The summed E-state index contributed by atoms with van der Waals surface area (Å²) in [5.74, 6) is 0.0860. The minimum Gasteiger partial charge on any atom is -0.392 e. The molecule has 0 spiro atoms. The van der Waals surface area contributed by atoms with Crippen LogP contribution in [0.15, 0.2) is 22.7 Å². The highest BCUT2D eigenvalue weighted by Crippen LogP contribution is 2.34. The van der Waals surface area contributed by atoms with Gasteiger partial charge in [0.1, 0.15) is 11.6 Å². The van der Waals surface area contributed by atoms with E-state index in [0.29, 0.717) is 37.6 Å². The molecule has 1 aromatic heterocycles. The fourth-order valence-electron chi connectivity index (χ4n) is 3.00. The Morgan fingerprint density at radius 3 is 3.00 bits per heavy atom. The molecule has 0 aliphatic carbocycles. The lowest BCUT2D eigenvalue weighted by Crippen LogP contribution is -2.25. The van der Waals surface area contributed by atoms with E-state index >= 15 is 0 Å². The summed E-state index contributed by atoms with van der Waals surface area (Å²) in [6, 6.07) is 2.98. The van der Waals surface area contributed by atoms with Crippen molar-refractivity contribution in [2.45, 2.75) is 44.9 Å². The number of benzene rings is 1. The molecule has 124 valence electrons. The summed E-state index contributed by atoms with van der Waals surface area (Å²) in [5.41, 5.74) is 0.249. The van der Waals surface area contributed by atoms with E-state index in [1.807, 2.05) is 11.8 Å². The Bertz CT molecular complexity index is 677. The fourth-order valence-corrected chi connectivity index (χ4v) is 3.00. The molecule has 1 N–H and O–H groups in total. The standard InChI is InChI=1S/C16H19F2N3O2/c1-2-3-16-19-15(20-23-16)9-21-8-11(22)7-14(21)12-6-10(17)4-5-13(12)18/h4-6,11,14,22H,2-3,7-9H2,1H3. The van der Waals surface area contributed by atoms with E-state index in [0.717, 1.165) is 18.6 Å². The van der Waals surface area contributed by atoms with Crippen LogP contribution in [0.3, 0.4) is 0 Å². The second-order valence-electron chi connectivity index (χ2n) is 5.85. The summed E-state index contributed by atoms with van der Waals surface area (Å²) >= 11 is 0. The van der Waals surface area contributed by atoms with Gasteiger partial charge in [0.05, 0.1) is 12.6 Å². The molecular weight excluding hydrogens is 304 g/mol. The molecular formula is C16H19F2N3O2. The number of β-amino-alcohol motifs (C(OH)–C–C–N with tert-alkyl or cyclic N) is 1.